The summed E-state index contributed by atoms with van der Waals surface area (Å²) in [6.45, 7) is 0.930. The van der Waals surface area contributed by atoms with Crippen LogP contribution < -0.4 is 0 Å². The van der Waals surface area contributed by atoms with Crippen molar-refractivity contribution in [2.75, 3.05) is 29.9 Å². The van der Waals surface area contributed by atoms with Crippen LogP contribution in [0.1, 0.15) is 12.8 Å². The van der Waals surface area contributed by atoms with Crippen molar-refractivity contribution in [1.82, 2.24) is 4.90 Å². The third kappa shape index (κ3) is 3.57. The van der Waals surface area contributed by atoms with E-state index in [-0.39, 0.29) is 17.4 Å². The Morgan fingerprint density at radius 2 is 2.00 bits per heavy atom. The third-order valence-corrected chi connectivity index (χ3v) is 4.33. The second-order valence-corrected chi connectivity index (χ2v) is 6.42. The van der Waals surface area contributed by atoms with Gasteiger partial charge in [0.1, 0.15) is 0 Å². The van der Waals surface area contributed by atoms with Gasteiger partial charge >= 0.3 is 0 Å². The molecule has 0 bridgehead atoms. The lowest BCUT2D eigenvalue weighted by Crippen LogP contribution is -2.33. The molecule has 0 radical (unpaired) electrons. The average molecular weight is 284 g/mol. The number of nitrogens with zero attached hydrogens (tertiary/aromatic N) is 1. The van der Waals surface area contributed by atoms with Crippen molar-refractivity contribution in [3.8, 4) is 0 Å². The van der Waals surface area contributed by atoms with Crippen LogP contribution >= 0.6 is 15.9 Å². The van der Waals surface area contributed by atoms with Gasteiger partial charge < -0.3 is 4.90 Å². The quantitative estimate of drug-likeness (QED) is 0.691. The molecule has 1 aliphatic heterocycles. The summed E-state index contributed by atoms with van der Waals surface area (Å²) in [5, 5.41) is 0.634. The van der Waals surface area contributed by atoms with E-state index >= 15 is 0 Å². The Morgan fingerprint density at radius 3 is 2.64 bits per heavy atom. The summed E-state index contributed by atoms with van der Waals surface area (Å²) < 4.78 is 22.5. The van der Waals surface area contributed by atoms with Crippen molar-refractivity contribution in [3.63, 3.8) is 0 Å². The zero-order valence-electron chi connectivity index (χ0n) is 7.91. The molecule has 1 saturated heterocycles. The molecule has 0 aliphatic carbocycles. The molecule has 1 amide bonds. The van der Waals surface area contributed by atoms with E-state index < -0.39 is 9.84 Å². The molecule has 0 saturated carbocycles. The van der Waals surface area contributed by atoms with Crippen molar-refractivity contribution in [3.05, 3.63) is 0 Å². The van der Waals surface area contributed by atoms with Crippen molar-refractivity contribution in [1.29, 1.82) is 0 Å². The highest BCUT2D eigenvalue weighted by Gasteiger charge is 2.21. The second kappa shape index (κ2) is 5.11. The number of alkyl halides is 1. The van der Waals surface area contributed by atoms with Gasteiger partial charge in [-0.15, -0.1) is 0 Å². The fraction of sp³-hybridized carbons (Fsp3) is 0.875. The van der Waals surface area contributed by atoms with Gasteiger partial charge in [0, 0.05) is 24.8 Å². The van der Waals surface area contributed by atoms with Gasteiger partial charge in [-0.1, -0.05) is 15.9 Å². The summed E-state index contributed by atoms with van der Waals surface area (Å²) in [7, 11) is -2.91. The molecule has 4 nitrogen and oxygen atoms in total. The molecule has 0 aromatic rings. The van der Waals surface area contributed by atoms with Gasteiger partial charge in [-0.3, -0.25) is 4.79 Å². The van der Waals surface area contributed by atoms with Crippen molar-refractivity contribution in [2.45, 2.75) is 12.8 Å². The summed E-state index contributed by atoms with van der Waals surface area (Å²) in [5.41, 5.74) is 0. The topological polar surface area (TPSA) is 54.5 Å². The lowest BCUT2D eigenvalue weighted by molar-refractivity contribution is -0.130. The van der Waals surface area contributed by atoms with E-state index in [1.165, 1.54) is 0 Å². The molecule has 1 aliphatic rings. The van der Waals surface area contributed by atoms with Crippen LogP contribution in [0.4, 0.5) is 0 Å². The van der Waals surface area contributed by atoms with E-state index in [1.54, 1.807) is 4.90 Å². The van der Waals surface area contributed by atoms with Gasteiger partial charge in [0.15, 0.2) is 9.84 Å². The number of rotatable bonds is 2. The minimum absolute atomic E-state index is 0.0407. The molecular weight excluding hydrogens is 270 g/mol. The predicted octanol–water partition coefficient (Wildman–Crippen LogP) is 0.419. The summed E-state index contributed by atoms with van der Waals surface area (Å²) in [5.74, 6) is 0.366. The molecule has 0 aromatic heterocycles. The first kappa shape index (κ1) is 12.0. The molecule has 6 heteroatoms. The fourth-order valence-corrected chi connectivity index (χ4v) is 3.04. The molecule has 1 rings (SSSR count). The number of hydrogen-bond donors (Lipinski definition) is 0. The van der Waals surface area contributed by atoms with Crippen molar-refractivity contribution in [2.24, 2.45) is 0 Å². The molecular formula is C8H14BrNO3S. The SMILES string of the molecule is O=C(CCBr)N1CCCS(=O)(=O)CC1. The molecule has 0 N–H and O–H groups in total. The number of carbonyl (C=O) groups excluding carboxylic acids is 1. The molecule has 1 heterocycles. The minimum Gasteiger partial charge on any atom is -0.342 e. The largest absolute Gasteiger partial charge is 0.342 e. The zero-order valence-corrected chi connectivity index (χ0v) is 10.3. The molecule has 14 heavy (non-hydrogen) atoms. The van der Waals surface area contributed by atoms with Crippen LogP contribution in [-0.2, 0) is 14.6 Å². The smallest absolute Gasteiger partial charge is 0.223 e. The molecule has 0 spiro atoms. The molecule has 0 unspecified atom stereocenters. The summed E-state index contributed by atoms with van der Waals surface area (Å²) in [4.78, 5) is 13.1. The van der Waals surface area contributed by atoms with Gasteiger partial charge in [-0.25, -0.2) is 8.42 Å². The second-order valence-electron chi connectivity index (χ2n) is 3.33. The minimum atomic E-state index is -2.91. The van der Waals surface area contributed by atoms with Crippen LogP contribution in [0.3, 0.4) is 0 Å². The average Bonchev–Trinajstić information content (AvgIpc) is 2.27. The highest BCUT2D eigenvalue weighted by Crippen LogP contribution is 2.07. The van der Waals surface area contributed by atoms with Crippen LogP contribution in [0.2, 0.25) is 0 Å². The highest BCUT2D eigenvalue weighted by atomic mass is 79.9. The summed E-state index contributed by atoms with van der Waals surface area (Å²) in [6.07, 6.45) is 1.01. The lowest BCUT2D eigenvalue weighted by Gasteiger charge is -2.18. The molecule has 0 atom stereocenters. The molecule has 1 fully saturated rings. The summed E-state index contributed by atoms with van der Waals surface area (Å²) >= 11 is 3.19. The van der Waals surface area contributed by atoms with E-state index in [1.807, 2.05) is 0 Å². The van der Waals surface area contributed by atoms with Gasteiger partial charge in [0.25, 0.3) is 0 Å². The fourth-order valence-electron chi connectivity index (χ4n) is 1.43. The van der Waals surface area contributed by atoms with E-state index in [0.29, 0.717) is 31.3 Å². The number of hydrogen-bond acceptors (Lipinski definition) is 3. The van der Waals surface area contributed by atoms with Gasteiger partial charge in [-0.2, -0.15) is 0 Å². The molecule has 0 aromatic carbocycles. The van der Waals surface area contributed by atoms with Gasteiger partial charge in [-0.05, 0) is 6.42 Å². The normalized spacial score (nSPS) is 21.6. The lowest BCUT2D eigenvalue weighted by atomic mass is 10.3. The van der Waals surface area contributed by atoms with Gasteiger partial charge in [0.2, 0.25) is 5.91 Å². The standard InChI is InChI=1S/C8H14BrNO3S/c9-3-2-8(11)10-4-1-6-14(12,13)7-5-10/h1-7H2. The van der Waals surface area contributed by atoms with E-state index in [0.717, 1.165) is 0 Å². The van der Waals surface area contributed by atoms with E-state index in [9.17, 15) is 13.2 Å². The maximum absolute atomic E-state index is 11.5. The summed E-state index contributed by atoms with van der Waals surface area (Å²) in [6, 6.07) is 0. The number of amides is 1. The Hall–Kier alpha value is -0.100. The zero-order chi connectivity index (χ0) is 10.6. The third-order valence-electron chi connectivity index (χ3n) is 2.22. The Kier molecular flexibility index (Phi) is 4.37. The van der Waals surface area contributed by atoms with E-state index in [2.05, 4.69) is 15.9 Å². The monoisotopic (exact) mass is 283 g/mol. The van der Waals surface area contributed by atoms with Crippen LogP contribution in [-0.4, -0.2) is 49.2 Å². The van der Waals surface area contributed by atoms with Crippen LogP contribution in [0.5, 0.6) is 0 Å². The Bertz CT molecular complexity index is 302. The van der Waals surface area contributed by atoms with Crippen LogP contribution in [0.15, 0.2) is 0 Å². The first-order chi connectivity index (χ1) is 6.55. The Balaban J connectivity index is 2.54. The maximum atomic E-state index is 11.5. The van der Waals surface area contributed by atoms with Crippen molar-refractivity contribution >= 4 is 31.7 Å². The first-order valence-corrected chi connectivity index (χ1v) is 7.53. The molecule has 82 valence electrons. The number of sulfone groups is 1. The first-order valence-electron chi connectivity index (χ1n) is 4.59. The van der Waals surface area contributed by atoms with Crippen molar-refractivity contribution < 1.29 is 13.2 Å². The highest BCUT2D eigenvalue weighted by molar-refractivity contribution is 9.09. The van der Waals surface area contributed by atoms with Crippen LogP contribution in [0, 0.1) is 0 Å². The predicted molar refractivity (Wildman–Crippen MR) is 58.3 cm³/mol. The van der Waals surface area contributed by atoms with E-state index in [4.69, 9.17) is 0 Å². The van der Waals surface area contributed by atoms with Gasteiger partial charge in [0.05, 0.1) is 11.5 Å². The Morgan fingerprint density at radius 1 is 1.29 bits per heavy atom. The maximum Gasteiger partial charge on any atom is 0.223 e. The number of halogens is 1. The Labute approximate surface area is 92.7 Å². The number of carbonyl (C=O) groups is 1. The van der Waals surface area contributed by atoms with Crippen LogP contribution in [0.25, 0.3) is 0 Å².